The molecule has 3 heterocycles. The van der Waals surface area contributed by atoms with E-state index < -0.39 is 5.79 Å². The second-order valence-corrected chi connectivity index (χ2v) is 9.71. The molecule has 1 amide bonds. The van der Waals surface area contributed by atoms with Gasteiger partial charge in [0.2, 0.25) is 5.91 Å². The maximum Gasteiger partial charge on any atom is 0.266 e. The Hall–Kier alpha value is -2.10. The van der Waals surface area contributed by atoms with Crippen molar-refractivity contribution in [1.29, 1.82) is 0 Å². The highest BCUT2D eigenvalue weighted by molar-refractivity contribution is 7.99. The summed E-state index contributed by atoms with van der Waals surface area (Å²) in [5.41, 5.74) is 0.777. The molecule has 0 unspecified atom stereocenters. The van der Waals surface area contributed by atoms with Crippen LogP contribution in [0.15, 0.2) is 52.4 Å². The molecule has 1 aromatic heterocycles. The van der Waals surface area contributed by atoms with Crippen LogP contribution in [-0.4, -0.2) is 58.2 Å². The van der Waals surface area contributed by atoms with E-state index in [9.17, 15) is 9.59 Å². The number of carbonyl (C=O) groups excluding carboxylic acids is 1. The van der Waals surface area contributed by atoms with Gasteiger partial charge in [0.25, 0.3) is 5.56 Å². The standard InChI is InChI=1S/C23H21Cl2N3O4S/c24-15-5-6-19(17(25)13-15)28-21(30)16-3-1-2-4-18(16)26-22(28)33-14-20(29)27-9-7-23(8-10-27)31-11-12-32-23/h1-6,13H,7-12,14H2. The molecule has 2 aromatic carbocycles. The molecule has 0 saturated carbocycles. The lowest BCUT2D eigenvalue weighted by Crippen LogP contribution is -2.47. The molecule has 0 aliphatic carbocycles. The largest absolute Gasteiger partial charge is 0.347 e. The highest BCUT2D eigenvalue weighted by atomic mass is 35.5. The molecule has 0 atom stereocenters. The number of nitrogens with zero attached hydrogens (tertiary/aromatic N) is 3. The minimum absolute atomic E-state index is 0.0241. The number of benzene rings is 2. The number of hydrogen-bond donors (Lipinski definition) is 0. The third kappa shape index (κ3) is 4.50. The van der Waals surface area contributed by atoms with Crippen LogP contribution in [0.4, 0.5) is 0 Å². The molecular formula is C23H21Cl2N3O4S. The van der Waals surface area contributed by atoms with E-state index in [0.29, 0.717) is 70.9 Å². The van der Waals surface area contributed by atoms with Crippen molar-refractivity contribution in [2.24, 2.45) is 0 Å². The fraction of sp³-hybridized carbons (Fsp3) is 0.348. The van der Waals surface area contributed by atoms with Crippen molar-refractivity contribution in [3.63, 3.8) is 0 Å². The van der Waals surface area contributed by atoms with Gasteiger partial charge in [-0.3, -0.25) is 14.2 Å². The normalized spacial score (nSPS) is 17.7. The van der Waals surface area contributed by atoms with Gasteiger partial charge in [-0.15, -0.1) is 0 Å². The van der Waals surface area contributed by atoms with Crippen molar-refractivity contribution in [1.82, 2.24) is 14.5 Å². The smallest absolute Gasteiger partial charge is 0.266 e. The van der Waals surface area contributed by atoms with Crippen LogP contribution in [0.5, 0.6) is 0 Å². The quantitative estimate of drug-likeness (QED) is 0.391. The van der Waals surface area contributed by atoms with Gasteiger partial charge in [0, 0.05) is 31.0 Å². The molecule has 7 nitrogen and oxygen atoms in total. The number of thioether (sulfide) groups is 1. The number of ether oxygens (including phenoxy) is 2. The summed E-state index contributed by atoms with van der Waals surface area (Å²) in [6.45, 7) is 2.34. The van der Waals surface area contributed by atoms with Crippen molar-refractivity contribution in [2.75, 3.05) is 32.1 Å². The lowest BCUT2D eigenvalue weighted by Gasteiger charge is -2.37. The van der Waals surface area contributed by atoms with E-state index >= 15 is 0 Å². The van der Waals surface area contributed by atoms with Crippen LogP contribution in [0, 0.1) is 0 Å². The third-order valence-corrected chi connectivity index (χ3v) is 7.37. The first kappa shape index (κ1) is 22.7. The van der Waals surface area contributed by atoms with E-state index in [1.165, 1.54) is 16.3 Å². The van der Waals surface area contributed by atoms with Crippen LogP contribution in [0.25, 0.3) is 16.6 Å². The Kier molecular flexibility index (Phi) is 6.37. The Balaban J connectivity index is 1.41. The zero-order valence-corrected chi connectivity index (χ0v) is 20.0. The molecule has 2 aliphatic heterocycles. The summed E-state index contributed by atoms with van der Waals surface area (Å²) in [4.78, 5) is 32.8. The number of piperidine rings is 1. The summed E-state index contributed by atoms with van der Waals surface area (Å²) in [5.74, 6) is -0.413. The number of likely N-dealkylation sites (tertiary alicyclic amines) is 1. The van der Waals surface area contributed by atoms with Crippen molar-refractivity contribution in [2.45, 2.75) is 23.8 Å². The predicted octanol–water partition coefficient (Wildman–Crippen LogP) is 4.15. The van der Waals surface area contributed by atoms with Crippen molar-refractivity contribution in [3.8, 4) is 5.69 Å². The predicted molar refractivity (Wildman–Crippen MR) is 129 cm³/mol. The first-order valence-electron chi connectivity index (χ1n) is 10.6. The van der Waals surface area contributed by atoms with Gasteiger partial charge in [-0.2, -0.15) is 0 Å². The summed E-state index contributed by atoms with van der Waals surface area (Å²) >= 11 is 13.7. The first-order valence-corrected chi connectivity index (χ1v) is 12.4. The lowest BCUT2D eigenvalue weighted by molar-refractivity contribution is -0.186. The van der Waals surface area contributed by atoms with Crippen LogP contribution in [0.1, 0.15) is 12.8 Å². The lowest BCUT2D eigenvalue weighted by atomic mass is 10.0. The van der Waals surface area contributed by atoms with E-state index in [1.807, 2.05) is 11.0 Å². The van der Waals surface area contributed by atoms with E-state index in [4.69, 9.17) is 32.7 Å². The fourth-order valence-corrected chi connectivity index (χ4v) is 5.59. The Morgan fingerprint density at radius 3 is 2.55 bits per heavy atom. The molecule has 33 heavy (non-hydrogen) atoms. The first-order chi connectivity index (χ1) is 16.0. The number of aromatic nitrogens is 2. The third-order valence-electron chi connectivity index (χ3n) is 5.91. The Labute approximate surface area is 204 Å². The van der Waals surface area contributed by atoms with Crippen LogP contribution in [0.2, 0.25) is 10.0 Å². The van der Waals surface area contributed by atoms with E-state index in [1.54, 1.807) is 36.4 Å². The summed E-state index contributed by atoms with van der Waals surface area (Å²) in [5, 5.41) is 1.66. The van der Waals surface area contributed by atoms with E-state index in [2.05, 4.69) is 4.98 Å². The molecule has 2 aliphatic rings. The summed E-state index contributed by atoms with van der Waals surface area (Å²) < 4.78 is 12.9. The number of fused-ring (bicyclic) bond motifs is 1. The highest BCUT2D eigenvalue weighted by Gasteiger charge is 2.40. The zero-order valence-electron chi connectivity index (χ0n) is 17.6. The Morgan fingerprint density at radius 1 is 1.09 bits per heavy atom. The summed E-state index contributed by atoms with van der Waals surface area (Å²) in [6.07, 6.45) is 1.31. The van der Waals surface area contributed by atoms with Gasteiger partial charge in [0.15, 0.2) is 10.9 Å². The maximum atomic E-state index is 13.4. The number of para-hydroxylation sites is 1. The number of halogens is 2. The molecule has 0 N–H and O–H groups in total. The van der Waals surface area contributed by atoms with Crippen LogP contribution in [0.3, 0.4) is 0 Å². The van der Waals surface area contributed by atoms with Gasteiger partial charge in [-0.25, -0.2) is 4.98 Å². The number of carbonyl (C=O) groups is 1. The second-order valence-electron chi connectivity index (χ2n) is 7.92. The van der Waals surface area contributed by atoms with Crippen LogP contribution < -0.4 is 5.56 Å². The van der Waals surface area contributed by atoms with Crippen molar-refractivity contribution >= 4 is 51.8 Å². The van der Waals surface area contributed by atoms with Gasteiger partial charge in [-0.05, 0) is 30.3 Å². The number of amides is 1. The average molecular weight is 506 g/mol. The van der Waals surface area contributed by atoms with Crippen molar-refractivity contribution in [3.05, 3.63) is 62.9 Å². The Morgan fingerprint density at radius 2 is 1.82 bits per heavy atom. The summed E-state index contributed by atoms with van der Waals surface area (Å²) in [7, 11) is 0. The van der Waals surface area contributed by atoms with Gasteiger partial charge in [0.1, 0.15) is 0 Å². The molecule has 1 spiro atoms. The van der Waals surface area contributed by atoms with Gasteiger partial charge < -0.3 is 14.4 Å². The van der Waals surface area contributed by atoms with Gasteiger partial charge in [-0.1, -0.05) is 47.1 Å². The van der Waals surface area contributed by atoms with Gasteiger partial charge >= 0.3 is 0 Å². The monoisotopic (exact) mass is 505 g/mol. The molecule has 3 aromatic rings. The molecule has 10 heteroatoms. The average Bonchev–Trinajstić information content (AvgIpc) is 3.27. The molecular weight excluding hydrogens is 485 g/mol. The van der Waals surface area contributed by atoms with E-state index in [0.717, 1.165) is 0 Å². The van der Waals surface area contributed by atoms with Crippen molar-refractivity contribution < 1.29 is 14.3 Å². The minimum Gasteiger partial charge on any atom is -0.347 e. The van der Waals surface area contributed by atoms with Gasteiger partial charge in [0.05, 0.1) is 40.6 Å². The number of rotatable bonds is 4. The minimum atomic E-state index is -0.532. The topological polar surface area (TPSA) is 73.7 Å². The molecule has 172 valence electrons. The van der Waals surface area contributed by atoms with E-state index in [-0.39, 0.29) is 17.2 Å². The molecule has 0 radical (unpaired) electrons. The second kappa shape index (κ2) is 9.27. The number of hydrogen-bond acceptors (Lipinski definition) is 6. The SMILES string of the molecule is O=C(CSc1nc2ccccc2c(=O)n1-c1ccc(Cl)cc1Cl)N1CCC2(CC1)OCCO2. The van der Waals surface area contributed by atoms with Crippen LogP contribution >= 0.6 is 35.0 Å². The Bertz CT molecular complexity index is 1270. The highest BCUT2D eigenvalue weighted by Crippen LogP contribution is 2.32. The fourth-order valence-electron chi connectivity index (χ4n) is 4.18. The molecule has 5 rings (SSSR count). The maximum absolute atomic E-state index is 13.4. The zero-order chi connectivity index (χ0) is 23.0. The molecule has 2 fully saturated rings. The molecule has 2 saturated heterocycles. The molecule has 0 bridgehead atoms. The summed E-state index contributed by atoms with van der Waals surface area (Å²) in [6, 6.07) is 12.0. The van der Waals surface area contributed by atoms with Crippen LogP contribution in [-0.2, 0) is 14.3 Å².